The largest absolute Gasteiger partial charge is 0.356 e. The molecule has 2 aromatic carbocycles. The summed E-state index contributed by atoms with van der Waals surface area (Å²) in [5, 5.41) is 17.4. The second kappa shape index (κ2) is 12.7. The maximum Gasteiger partial charge on any atom is 0.319 e. The normalized spacial score (nSPS) is 13.7. The first kappa shape index (κ1) is 26.7. The molecular weight excluding hydrogens is 454 g/mol. The maximum absolute atomic E-state index is 13.1. The van der Waals surface area contributed by atoms with Crippen molar-refractivity contribution in [3.8, 4) is 6.07 Å². The molecule has 0 saturated carbocycles. The van der Waals surface area contributed by atoms with E-state index < -0.39 is 0 Å². The number of nitrogens with one attached hydrogen (secondary N) is 3. The highest BCUT2D eigenvalue weighted by Gasteiger charge is 2.25. The molecule has 0 aromatic heterocycles. The molecular formula is C28H35N5O3. The lowest BCUT2D eigenvalue weighted by atomic mass is 9.89. The highest BCUT2D eigenvalue weighted by atomic mass is 16.2. The SMILES string of the molecule is Cc1ccc(C(=O)N2CCC(c3ccc(C#N)cc3)CC2)cc1NC(=O)NCCCNC(=O)C(C)C. The molecule has 1 aliphatic rings. The number of rotatable bonds is 8. The van der Waals surface area contributed by atoms with Gasteiger partial charge in [0.15, 0.2) is 0 Å². The van der Waals surface area contributed by atoms with Crippen LogP contribution in [-0.4, -0.2) is 48.9 Å². The summed E-state index contributed by atoms with van der Waals surface area (Å²) in [7, 11) is 0. The van der Waals surface area contributed by atoms with Crippen LogP contribution in [0.15, 0.2) is 42.5 Å². The third kappa shape index (κ3) is 7.32. The number of carbonyl (C=O) groups excluding carboxylic acids is 3. The van der Waals surface area contributed by atoms with Gasteiger partial charge in [-0.1, -0.05) is 32.0 Å². The average molecular weight is 490 g/mol. The number of nitriles is 1. The van der Waals surface area contributed by atoms with E-state index in [2.05, 4.69) is 22.0 Å². The number of urea groups is 1. The molecule has 1 aliphatic heterocycles. The van der Waals surface area contributed by atoms with E-state index in [4.69, 9.17) is 5.26 Å². The van der Waals surface area contributed by atoms with Crippen LogP contribution in [0.5, 0.6) is 0 Å². The van der Waals surface area contributed by atoms with E-state index in [-0.39, 0.29) is 23.8 Å². The molecule has 0 radical (unpaired) electrons. The minimum Gasteiger partial charge on any atom is -0.356 e. The van der Waals surface area contributed by atoms with Crippen molar-refractivity contribution in [2.75, 3.05) is 31.5 Å². The van der Waals surface area contributed by atoms with Gasteiger partial charge in [-0.3, -0.25) is 9.59 Å². The van der Waals surface area contributed by atoms with Crippen molar-refractivity contribution in [2.24, 2.45) is 5.92 Å². The second-order valence-electron chi connectivity index (χ2n) is 9.51. The number of aryl methyl sites for hydroxylation is 1. The zero-order valence-electron chi connectivity index (χ0n) is 21.3. The fourth-order valence-electron chi connectivity index (χ4n) is 4.19. The van der Waals surface area contributed by atoms with E-state index in [9.17, 15) is 14.4 Å². The molecule has 1 fully saturated rings. The number of likely N-dealkylation sites (tertiary alicyclic amines) is 1. The Morgan fingerprint density at radius 1 is 1.03 bits per heavy atom. The molecule has 8 heteroatoms. The summed E-state index contributed by atoms with van der Waals surface area (Å²) in [6.45, 7) is 7.80. The Labute approximate surface area is 213 Å². The van der Waals surface area contributed by atoms with Crippen molar-refractivity contribution in [2.45, 2.75) is 46.0 Å². The molecule has 3 N–H and O–H groups in total. The van der Waals surface area contributed by atoms with Gasteiger partial charge in [-0.15, -0.1) is 0 Å². The quantitative estimate of drug-likeness (QED) is 0.483. The minimum atomic E-state index is -0.346. The summed E-state index contributed by atoms with van der Waals surface area (Å²) < 4.78 is 0. The molecule has 3 rings (SSSR count). The second-order valence-corrected chi connectivity index (χ2v) is 9.51. The van der Waals surface area contributed by atoms with Crippen molar-refractivity contribution in [3.05, 3.63) is 64.7 Å². The fraction of sp³-hybridized carbons (Fsp3) is 0.429. The molecule has 0 unspecified atom stereocenters. The first-order valence-corrected chi connectivity index (χ1v) is 12.5. The van der Waals surface area contributed by atoms with Crippen LogP contribution in [0.1, 0.15) is 66.1 Å². The number of piperidine rings is 1. The zero-order chi connectivity index (χ0) is 26.1. The van der Waals surface area contributed by atoms with Crippen LogP contribution < -0.4 is 16.0 Å². The predicted molar refractivity (Wildman–Crippen MR) is 140 cm³/mol. The van der Waals surface area contributed by atoms with Gasteiger partial charge in [-0.2, -0.15) is 5.26 Å². The monoisotopic (exact) mass is 489 g/mol. The molecule has 0 aliphatic carbocycles. The summed E-state index contributed by atoms with van der Waals surface area (Å²) in [6.07, 6.45) is 2.37. The molecule has 1 heterocycles. The van der Waals surface area contributed by atoms with Gasteiger partial charge in [0.05, 0.1) is 11.6 Å². The summed E-state index contributed by atoms with van der Waals surface area (Å²) in [5.41, 5.74) is 3.86. The molecule has 0 bridgehead atoms. The predicted octanol–water partition coefficient (Wildman–Crippen LogP) is 4.17. The Kier molecular flexibility index (Phi) is 9.46. The topological polar surface area (TPSA) is 114 Å². The molecule has 8 nitrogen and oxygen atoms in total. The van der Waals surface area contributed by atoms with Crippen LogP contribution in [0.3, 0.4) is 0 Å². The Morgan fingerprint density at radius 3 is 2.33 bits per heavy atom. The van der Waals surface area contributed by atoms with E-state index >= 15 is 0 Å². The highest BCUT2D eigenvalue weighted by Crippen LogP contribution is 2.29. The van der Waals surface area contributed by atoms with Crippen LogP contribution in [0.2, 0.25) is 0 Å². The number of benzene rings is 2. The molecule has 4 amide bonds. The number of nitrogens with zero attached hydrogens (tertiary/aromatic N) is 2. The Balaban J connectivity index is 1.49. The van der Waals surface area contributed by atoms with Gasteiger partial charge in [0.25, 0.3) is 5.91 Å². The van der Waals surface area contributed by atoms with Gasteiger partial charge in [-0.25, -0.2) is 4.79 Å². The van der Waals surface area contributed by atoms with Gasteiger partial charge in [0.1, 0.15) is 0 Å². The zero-order valence-corrected chi connectivity index (χ0v) is 21.3. The maximum atomic E-state index is 13.1. The Hall–Kier alpha value is -3.86. The lowest BCUT2D eigenvalue weighted by Gasteiger charge is -2.32. The van der Waals surface area contributed by atoms with Gasteiger partial charge < -0.3 is 20.9 Å². The van der Waals surface area contributed by atoms with Crippen molar-refractivity contribution in [1.82, 2.24) is 15.5 Å². The number of hydrogen-bond acceptors (Lipinski definition) is 4. The third-order valence-corrected chi connectivity index (χ3v) is 6.49. The molecule has 36 heavy (non-hydrogen) atoms. The number of anilines is 1. The minimum absolute atomic E-state index is 0.00459. The van der Waals surface area contributed by atoms with E-state index in [1.54, 1.807) is 12.1 Å². The first-order chi connectivity index (χ1) is 17.3. The van der Waals surface area contributed by atoms with Gasteiger partial charge in [0, 0.05) is 43.3 Å². The molecule has 1 saturated heterocycles. The summed E-state index contributed by atoms with van der Waals surface area (Å²) >= 11 is 0. The molecule has 0 spiro atoms. The van der Waals surface area contributed by atoms with Crippen LogP contribution in [0.25, 0.3) is 0 Å². The van der Waals surface area contributed by atoms with Gasteiger partial charge in [0.2, 0.25) is 5.91 Å². The molecule has 190 valence electrons. The summed E-state index contributed by atoms with van der Waals surface area (Å²) in [6, 6.07) is 14.9. The van der Waals surface area contributed by atoms with Crippen LogP contribution in [0, 0.1) is 24.2 Å². The Bertz CT molecular complexity index is 1110. The molecule has 0 atom stereocenters. The smallest absolute Gasteiger partial charge is 0.319 e. The van der Waals surface area contributed by atoms with E-state index in [0.29, 0.717) is 55.3 Å². The van der Waals surface area contributed by atoms with E-state index in [1.165, 1.54) is 5.56 Å². The lowest BCUT2D eigenvalue weighted by molar-refractivity contribution is -0.123. The number of hydrogen-bond donors (Lipinski definition) is 3. The summed E-state index contributed by atoms with van der Waals surface area (Å²) in [4.78, 5) is 38.9. The van der Waals surface area contributed by atoms with Gasteiger partial charge >= 0.3 is 6.03 Å². The standard InChI is InChI=1S/C28H35N5O3/c1-19(2)26(34)30-13-4-14-31-28(36)32-25-17-24(8-5-20(25)3)27(35)33-15-11-23(12-16-33)22-9-6-21(18-29)7-10-22/h5-10,17,19,23H,4,11-16H2,1-3H3,(H,30,34)(H2,31,32,36). The lowest BCUT2D eigenvalue weighted by Crippen LogP contribution is -2.38. The highest BCUT2D eigenvalue weighted by molar-refractivity contribution is 5.97. The summed E-state index contributed by atoms with van der Waals surface area (Å²) in [5.74, 6) is 0.264. The average Bonchev–Trinajstić information content (AvgIpc) is 2.89. The first-order valence-electron chi connectivity index (χ1n) is 12.5. The van der Waals surface area contributed by atoms with Crippen molar-refractivity contribution in [1.29, 1.82) is 5.26 Å². The molecule has 2 aromatic rings. The van der Waals surface area contributed by atoms with Crippen LogP contribution >= 0.6 is 0 Å². The van der Waals surface area contributed by atoms with Crippen molar-refractivity contribution < 1.29 is 14.4 Å². The third-order valence-electron chi connectivity index (χ3n) is 6.49. The fourth-order valence-corrected chi connectivity index (χ4v) is 4.19. The van der Waals surface area contributed by atoms with Gasteiger partial charge in [-0.05, 0) is 67.5 Å². The Morgan fingerprint density at radius 2 is 1.69 bits per heavy atom. The van der Waals surface area contributed by atoms with Crippen LogP contribution in [0.4, 0.5) is 10.5 Å². The van der Waals surface area contributed by atoms with E-state index in [1.807, 2.05) is 56.0 Å². The number of carbonyl (C=O) groups is 3. The van der Waals surface area contributed by atoms with E-state index in [0.717, 1.165) is 18.4 Å². The van der Waals surface area contributed by atoms with Crippen LogP contribution in [-0.2, 0) is 4.79 Å². The van der Waals surface area contributed by atoms with Crippen molar-refractivity contribution >= 4 is 23.5 Å². The van der Waals surface area contributed by atoms with Crippen molar-refractivity contribution in [3.63, 3.8) is 0 Å². The number of amides is 4.